The van der Waals surface area contributed by atoms with Crippen LogP contribution in [-0.2, 0) is 6.54 Å². The molecule has 2 saturated heterocycles. The Kier molecular flexibility index (Phi) is 6.37. The topological polar surface area (TPSA) is 38.8 Å². The lowest BCUT2D eigenvalue weighted by Gasteiger charge is -2.53. The first-order valence-corrected chi connectivity index (χ1v) is 10.0. The molecule has 150 valence electrons. The predicted octanol–water partition coefficient (Wildman–Crippen LogP) is 2.77. The Labute approximate surface area is 162 Å². The molecule has 0 saturated carbocycles. The second kappa shape index (κ2) is 8.57. The first-order valence-electron chi connectivity index (χ1n) is 10.0. The number of halogens is 1. The highest BCUT2D eigenvalue weighted by atomic mass is 19.1. The van der Waals surface area contributed by atoms with E-state index in [0.29, 0.717) is 6.54 Å². The van der Waals surface area contributed by atoms with E-state index in [0.717, 1.165) is 51.0 Å². The second-order valence-electron chi connectivity index (χ2n) is 8.47. The van der Waals surface area contributed by atoms with Gasteiger partial charge in [0.25, 0.3) is 0 Å². The average Bonchev–Trinajstić information content (AvgIpc) is 2.63. The van der Waals surface area contributed by atoms with Gasteiger partial charge in [0.1, 0.15) is 5.82 Å². The summed E-state index contributed by atoms with van der Waals surface area (Å²) >= 11 is 0. The quantitative estimate of drug-likeness (QED) is 0.878. The van der Waals surface area contributed by atoms with Gasteiger partial charge < -0.3 is 15.1 Å². The van der Waals surface area contributed by atoms with Crippen LogP contribution < -0.4 is 5.32 Å². The Hall–Kier alpha value is -1.66. The van der Waals surface area contributed by atoms with Crippen molar-refractivity contribution in [1.29, 1.82) is 0 Å². The molecule has 2 aliphatic rings. The predicted molar refractivity (Wildman–Crippen MR) is 106 cm³/mol. The molecule has 1 atom stereocenters. The molecule has 1 spiro atoms. The smallest absolute Gasteiger partial charge is 0.316 e. The van der Waals surface area contributed by atoms with Crippen molar-refractivity contribution in [3.8, 4) is 0 Å². The number of piperidine rings is 2. The van der Waals surface area contributed by atoms with Crippen LogP contribution >= 0.6 is 0 Å². The third-order valence-electron chi connectivity index (χ3n) is 6.38. The summed E-state index contributed by atoms with van der Waals surface area (Å²) in [6.45, 7) is 4.59. The molecule has 6 heteroatoms. The van der Waals surface area contributed by atoms with Gasteiger partial charge in [-0.1, -0.05) is 12.1 Å². The maximum Gasteiger partial charge on any atom is 0.316 e. The minimum atomic E-state index is -0.184. The third-order valence-corrected chi connectivity index (χ3v) is 6.38. The van der Waals surface area contributed by atoms with Gasteiger partial charge in [-0.3, -0.25) is 4.90 Å². The van der Waals surface area contributed by atoms with E-state index < -0.39 is 0 Å². The number of urea groups is 1. The van der Waals surface area contributed by atoms with Crippen LogP contribution in [0.1, 0.15) is 31.2 Å². The molecule has 5 nitrogen and oxygen atoms in total. The molecule has 0 radical (unpaired) electrons. The summed E-state index contributed by atoms with van der Waals surface area (Å²) in [5.41, 5.74) is 1.24. The summed E-state index contributed by atoms with van der Waals surface area (Å²) < 4.78 is 13.7. The molecule has 2 heterocycles. The second-order valence-corrected chi connectivity index (χ2v) is 8.47. The number of amides is 2. The van der Waals surface area contributed by atoms with E-state index in [1.54, 1.807) is 31.1 Å². The van der Waals surface area contributed by atoms with E-state index >= 15 is 0 Å². The number of nitrogens with zero attached hydrogens (tertiary/aromatic N) is 3. The zero-order chi connectivity index (χ0) is 19.4. The van der Waals surface area contributed by atoms with Crippen LogP contribution in [0.4, 0.5) is 9.18 Å². The fourth-order valence-electron chi connectivity index (χ4n) is 4.74. The van der Waals surface area contributed by atoms with Crippen molar-refractivity contribution in [2.75, 3.05) is 47.3 Å². The van der Waals surface area contributed by atoms with E-state index in [1.807, 2.05) is 6.07 Å². The van der Waals surface area contributed by atoms with Crippen LogP contribution in [0.5, 0.6) is 0 Å². The normalized spacial score (nSPS) is 23.3. The maximum atomic E-state index is 13.7. The van der Waals surface area contributed by atoms with Gasteiger partial charge >= 0.3 is 6.03 Å². The van der Waals surface area contributed by atoms with E-state index in [9.17, 15) is 9.18 Å². The highest BCUT2D eigenvalue weighted by Crippen LogP contribution is 2.44. The molecule has 2 aliphatic heterocycles. The number of rotatable bonds is 4. The lowest BCUT2D eigenvalue weighted by atomic mass is 9.66. The van der Waals surface area contributed by atoms with Crippen LogP contribution in [0.15, 0.2) is 24.3 Å². The molecular formula is C21H33FN4O. The van der Waals surface area contributed by atoms with Crippen LogP contribution in [0.2, 0.25) is 0 Å². The van der Waals surface area contributed by atoms with Crippen LogP contribution in [0.25, 0.3) is 0 Å². The van der Waals surface area contributed by atoms with Crippen molar-refractivity contribution in [1.82, 2.24) is 20.0 Å². The fraction of sp³-hybridized carbons (Fsp3) is 0.667. The molecule has 2 fully saturated rings. The molecule has 2 amide bonds. The molecule has 1 aromatic rings. The molecule has 27 heavy (non-hydrogen) atoms. The number of likely N-dealkylation sites (tertiary alicyclic amines) is 2. The van der Waals surface area contributed by atoms with Crippen molar-refractivity contribution in [2.24, 2.45) is 5.41 Å². The monoisotopic (exact) mass is 376 g/mol. The summed E-state index contributed by atoms with van der Waals surface area (Å²) in [4.78, 5) is 18.6. The Balaban J connectivity index is 1.79. The van der Waals surface area contributed by atoms with E-state index in [4.69, 9.17) is 0 Å². The van der Waals surface area contributed by atoms with Crippen LogP contribution in [-0.4, -0.2) is 74.1 Å². The van der Waals surface area contributed by atoms with Crippen molar-refractivity contribution in [2.45, 2.75) is 38.3 Å². The van der Waals surface area contributed by atoms with Gasteiger partial charge in [0.2, 0.25) is 0 Å². The molecular weight excluding hydrogens is 343 g/mol. The number of nitrogens with one attached hydrogen (secondary N) is 1. The summed E-state index contributed by atoms with van der Waals surface area (Å²) in [5.74, 6) is -0.184. The Bertz CT molecular complexity index is 643. The summed E-state index contributed by atoms with van der Waals surface area (Å²) in [6, 6.07) is 7.14. The lowest BCUT2D eigenvalue weighted by Crippen LogP contribution is -2.60. The first kappa shape index (κ1) is 20.1. The number of carbonyl (C=O) groups is 1. The first-order chi connectivity index (χ1) is 12.9. The highest BCUT2D eigenvalue weighted by molar-refractivity contribution is 5.73. The third kappa shape index (κ3) is 4.79. The number of carbonyl (C=O) groups excluding carboxylic acids is 1. The Morgan fingerprint density at radius 3 is 2.67 bits per heavy atom. The maximum absolute atomic E-state index is 13.7. The van der Waals surface area contributed by atoms with Crippen molar-refractivity contribution in [3.63, 3.8) is 0 Å². The van der Waals surface area contributed by atoms with Gasteiger partial charge in [-0.05, 0) is 75.5 Å². The number of hydrogen-bond donors (Lipinski definition) is 1. The van der Waals surface area contributed by atoms with Crippen LogP contribution in [0, 0.1) is 11.2 Å². The van der Waals surface area contributed by atoms with Gasteiger partial charge in [0, 0.05) is 33.2 Å². The molecule has 0 aromatic heterocycles. The van der Waals surface area contributed by atoms with Gasteiger partial charge in [-0.2, -0.15) is 0 Å². The summed E-state index contributed by atoms with van der Waals surface area (Å²) in [6.07, 6.45) is 4.69. The van der Waals surface area contributed by atoms with Crippen molar-refractivity contribution < 1.29 is 9.18 Å². The SMILES string of the molecule is CN1CCC2(CCCN(Cc3cccc(F)c3)[C@H]2CNC(=O)N(C)C)CC1. The molecule has 1 N–H and O–H groups in total. The highest BCUT2D eigenvalue weighted by Gasteiger charge is 2.45. The van der Waals surface area contributed by atoms with E-state index in [1.165, 1.54) is 12.5 Å². The molecule has 0 bridgehead atoms. The molecule has 1 aromatic carbocycles. The van der Waals surface area contributed by atoms with Gasteiger partial charge in [-0.15, -0.1) is 0 Å². The standard InChI is InChI=1S/C21H33FN4O/c1-24(2)20(27)23-15-19-21(9-12-25(3)13-10-21)8-5-11-26(19)16-17-6-4-7-18(22)14-17/h4,6-7,14,19H,5,8-13,15-16H2,1-3H3,(H,23,27)/t19-/m0/s1. The number of benzene rings is 1. The minimum Gasteiger partial charge on any atom is -0.336 e. The molecule has 0 unspecified atom stereocenters. The van der Waals surface area contributed by atoms with Gasteiger partial charge in [0.15, 0.2) is 0 Å². The Morgan fingerprint density at radius 1 is 1.26 bits per heavy atom. The zero-order valence-electron chi connectivity index (χ0n) is 16.9. The van der Waals surface area contributed by atoms with Crippen LogP contribution in [0.3, 0.4) is 0 Å². The zero-order valence-corrected chi connectivity index (χ0v) is 16.9. The van der Waals surface area contributed by atoms with Gasteiger partial charge in [-0.25, -0.2) is 9.18 Å². The lowest BCUT2D eigenvalue weighted by molar-refractivity contribution is -0.0305. The molecule has 0 aliphatic carbocycles. The number of hydrogen-bond acceptors (Lipinski definition) is 3. The van der Waals surface area contributed by atoms with E-state index in [-0.39, 0.29) is 23.3 Å². The fourth-order valence-corrected chi connectivity index (χ4v) is 4.74. The average molecular weight is 377 g/mol. The largest absolute Gasteiger partial charge is 0.336 e. The minimum absolute atomic E-state index is 0.0469. The van der Waals surface area contributed by atoms with Crippen molar-refractivity contribution in [3.05, 3.63) is 35.6 Å². The van der Waals surface area contributed by atoms with E-state index in [2.05, 4.69) is 22.2 Å². The Morgan fingerprint density at radius 2 is 2.00 bits per heavy atom. The summed E-state index contributed by atoms with van der Waals surface area (Å²) in [5, 5.41) is 3.12. The summed E-state index contributed by atoms with van der Waals surface area (Å²) in [7, 11) is 5.72. The van der Waals surface area contributed by atoms with Crippen molar-refractivity contribution >= 4 is 6.03 Å². The molecule has 3 rings (SSSR count). The van der Waals surface area contributed by atoms with Gasteiger partial charge in [0.05, 0.1) is 0 Å².